The molecule has 33 heavy (non-hydrogen) atoms. The number of aliphatic hydroxyl groups excluding tert-OH is 2. The quantitative estimate of drug-likeness (QED) is 0.212. The van der Waals surface area contributed by atoms with Crippen molar-refractivity contribution >= 4 is 22.6 Å². The molecule has 3 heteroatoms. The van der Waals surface area contributed by atoms with Gasteiger partial charge in [0, 0.05) is 11.0 Å². The highest BCUT2D eigenvalue weighted by atomic mass is 127. The second kappa shape index (κ2) is 7.94. The van der Waals surface area contributed by atoms with Gasteiger partial charge in [0.2, 0.25) is 0 Å². The summed E-state index contributed by atoms with van der Waals surface area (Å²) in [7, 11) is 0. The molecule has 5 aliphatic carbocycles. The fourth-order valence-electron chi connectivity index (χ4n) is 11.6. The molecule has 2 nitrogen and oxygen atoms in total. The zero-order valence-electron chi connectivity index (χ0n) is 21.9. The third-order valence-electron chi connectivity index (χ3n) is 13.6. The molecule has 0 heterocycles. The van der Waals surface area contributed by atoms with Gasteiger partial charge in [-0.3, -0.25) is 0 Å². The molecule has 0 unspecified atom stereocenters. The number of hydrogen-bond acceptors (Lipinski definition) is 2. The minimum Gasteiger partial charge on any atom is -0.396 e. The first kappa shape index (κ1) is 25.1. The smallest absolute Gasteiger partial charge is 0.0594 e. The monoisotopic (exact) mass is 568 g/mol. The van der Waals surface area contributed by atoms with Crippen LogP contribution in [-0.4, -0.2) is 27.4 Å². The third-order valence-corrected chi connectivity index (χ3v) is 14.6. The third kappa shape index (κ3) is 3.09. The number of hydrogen-bond donors (Lipinski definition) is 2. The molecule has 0 aromatic rings. The minimum absolute atomic E-state index is 0.0270. The summed E-state index contributed by atoms with van der Waals surface area (Å²) >= 11 is 2.51. The Hall–Kier alpha value is 0.390. The van der Waals surface area contributed by atoms with Crippen LogP contribution in [0.25, 0.3) is 0 Å². The number of fused-ring (bicyclic) bond motifs is 7. The Bertz CT molecular complexity index is 807. The fourth-order valence-corrected chi connectivity index (χ4v) is 12.1. The SMILES string of the molecule is C=C(CI)[C@@H]1CC[C@]2(CO)CC[C@]3(C)[C@H](CC[C@@H]4[C@@]5(C)CC[C@H](O)C(C)(C)[C@@H]5CC[C@]43C)[C@@H]12. The number of halogens is 1. The zero-order valence-corrected chi connectivity index (χ0v) is 24.1. The summed E-state index contributed by atoms with van der Waals surface area (Å²) in [5.41, 5.74) is 2.66. The molecule has 0 saturated heterocycles. The highest BCUT2D eigenvalue weighted by Gasteiger charge is 2.70. The van der Waals surface area contributed by atoms with E-state index in [1.165, 1.54) is 63.4 Å². The van der Waals surface area contributed by atoms with Crippen molar-refractivity contribution in [3.8, 4) is 0 Å². The van der Waals surface area contributed by atoms with Crippen molar-refractivity contribution in [2.75, 3.05) is 11.0 Å². The summed E-state index contributed by atoms with van der Waals surface area (Å²) in [5.74, 6) is 3.33. The lowest BCUT2D eigenvalue weighted by molar-refractivity contribution is -0.249. The van der Waals surface area contributed by atoms with E-state index >= 15 is 0 Å². The number of aliphatic hydroxyl groups is 2. The van der Waals surface area contributed by atoms with Crippen molar-refractivity contribution in [2.45, 2.75) is 105 Å². The van der Waals surface area contributed by atoms with Gasteiger partial charge in [-0.05, 0) is 121 Å². The summed E-state index contributed by atoms with van der Waals surface area (Å²) in [4.78, 5) is 0. The Labute approximate surface area is 216 Å². The van der Waals surface area contributed by atoms with Gasteiger partial charge in [0.1, 0.15) is 0 Å². The molecule has 188 valence electrons. The van der Waals surface area contributed by atoms with Crippen molar-refractivity contribution in [2.24, 2.45) is 56.7 Å². The summed E-state index contributed by atoms with van der Waals surface area (Å²) in [6.07, 6.45) is 12.2. The van der Waals surface area contributed by atoms with Crippen LogP contribution >= 0.6 is 22.6 Å². The van der Waals surface area contributed by atoms with Crippen LogP contribution in [0.1, 0.15) is 98.8 Å². The van der Waals surface area contributed by atoms with Gasteiger partial charge in [0.25, 0.3) is 0 Å². The van der Waals surface area contributed by atoms with Gasteiger partial charge in [-0.25, -0.2) is 0 Å². The molecule has 2 N–H and O–H groups in total. The summed E-state index contributed by atoms with van der Waals surface area (Å²) < 4.78 is 1.06. The van der Waals surface area contributed by atoms with Gasteiger partial charge in [0.05, 0.1) is 6.10 Å². The molecule has 0 radical (unpaired) electrons. The molecule has 0 bridgehead atoms. The standard InChI is InChI=1S/C30H49IO2/c1-19(17-31)20-9-14-30(18-32)16-15-28(5)21(25(20)30)7-8-23-27(4)12-11-24(33)26(2,3)22(27)10-13-29(23,28)6/h20-25,32-33H,1,7-18H2,2-6H3/t20-,21+,22-,23+,24-,25+,27-,28+,29+,30+/m0/s1. The van der Waals surface area contributed by atoms with E-state index in [0.29, 0.717) is 46.5 Å². The van der Waals surface area contributed by atoms with Crippen LogP contribution in [0.15, 0.2) is 12.2 Å². The average molecular weight is 569 g/mol. The number of allylic oxidation sites excluding steroid dienone is 1. The highest BCUT2D eigenvalue weighted by Crippen LogP contribution is 2.77. The Morgan fingerprint density at radius 2 is 1.58 bits per heavy atom. The average Bonchev–Trinajstić information content (AvgIpc) is 3.17. The molecule has 0 aromatic carbocycles. The van der Waals surface area contributed by atoms with E-state index in [1.54, 1.807) is 0 Å². The highest BCUT2D eigenvalue weighted by molar-refractivity contribution is 14.1. The largest absolute Gasteiger partial charge is 0.396 e. The molecule has 5 rings (SSSR count). The summed E-state index contributed by atoms with van der Waals surface area (Å²) in [6.45, 7) is 17.6. The lowest BCUT2D eigenvalue weighted by Crippen LogP contribution is -2.66. The first-order valence-electron chi connectivity index (χ1n) is 13.9. The van der Waals surface area contributed by atoms with Crippen molar-refractivity contribution < 1.29 is 10.2 Å². The van der Waals surface area contributed by atoms with E-state index in [0.717, 1.165) is 16.8 Å². The second-order valence-corrected chi connectivity index (χ2v) is 15.3. The van der Waals surface area contributed by atoms with Crippen molar-refractivity contribution in [1.29, 1.82) is 0 Å². The van der Waals surface area contributed by atoms with Gasteiger partial charge < -0.3 is 10.2 Å². The van der Waals surface area contributed by atoms with Crippen LogP contribution in [-0.2, 0) is 0 Å². The minimum atomic E-state index is -0.148. The van der Waals surface area contributed by atoms with Crippen LogP contribution in [0.5, 0.6) is 0 Å². The Kier molecular flexibility index (Phi) is 6.03. The number of rotatable bonds is 3. The van der Waals surface area contributed by atoms with E-state index in [9.17, 15) is 10.2 Å². The fraction of sp³-hybridized carbons (Fsp3) is 0.933. The van der Waals surface area contributed by atoms with Crippen LogP contribution < -0.4 is 0 Å². The molecule has 5 fully saturated rings. The van der Waals surface area contributed by atoms with E-state index in [-0.39, 0.29) is 16.9 Å². The first-order chi connectivity index (χ1) is 15.4. The molecule has 5 aliphatic rings. The van der Waals surface area contributed by atoms with Crippen LogP contribution in [0.2, 0.25) is 0 Å². The normalized spacial score (nSPS) is 55.2. The van der Waals surface area contributed by atoms with Gasteiger partial charge in [-0.2, -0.15) is 0 Å². The summed E-state index contributed by atoms with van der Waals surface area (Å²) in [5, 5.41) is 21.6. The van der Waals surface area contributed by atoms with E-state index in [2.05, 4.69) is 63.8 Å². The summed E-state index contributed by atoms with van der Waals surface area (Å²) in [6, 6.07) is 0. The first-order valence-corrected chi connectivity index (χ1v) is 15.5. The second-order valence-electron chi connectivity index (χ2n) is 14.5. The lowest BCUT2D eigenvalue weighted by atomic mass is 9.32. The predicted octanol–water partition coefficient (Wildman–Crippen LogP) is 7.41. The zero-order chi connectivity index (χ0) is 24.0. The predicted molar refractivity (Wildman–Crippen MR) is 145 cm³/mol. The molecule has 0 aromatic heterocycles. The number of alkyl halides is 1. The van der Waals surface area contributed by atoms with E-state index < -0.39 is 0 Å². The van der Waals surface area contributed by atoms with Crippen molar-refractivity contribution in [3.63, 3.8) is 0 Å². The van der Waals surface area contributed by atoms with E-state index in [1.807, 2.05) is 0 Å². The van der Waals surface area contributed by atoms with Crippen LogP contribution in [0.4, 0.5) is 0 Å². The Morgan fingerprint density at radius 3 is 2.24 bits per heavy atom. The van der Waals surface area contributed by atoms with Gasteiger partial charge >= 0.3 is 0 Å². The molecule has 0 spiro atoms. The maximum atomic E-state index is 10.9. The molecular formula is C30H49IO2. The van der Waals surface area contributed by atoms with Crippen molar-refractivity contribution in [3.05, 3.63) is 12.2 Å². The van der Waals surface area contributed by atoms with Gasteiger partial charge in [-0.1, -0.05) is 69.4 Å². The lowest BCUT2D eigenvalue weighted by Gasteiger charge is -2.73. The molecular weight excluding hydrogens is 519 g/mol. The molecule has 0 amide bonds. The van der Waals surface area contributed by atoms with Crippen molar-refractivity contribution in [1.82, 2.24) is 0 Å². The maximum Gasteiger partial charge on any atom is 0.0594 e. The Morgan fingerprint density at radius 1 is 0.848 bits per heavy atom. The van der Waals surface area contributed by atoms with Gasteiger partial charge in [0.15, 0.2) is 0 Å². The maximum absolute atomic E-state index is 10.9. The van der Waals surface area contributed by atoms with Gasteiger partial charge in [-0.15, -0.1) is 0 Å². The molecule has 10 atom stereocenters. The Balaban J connectivity index is 1.54. The van der Waals surface area contributed by atoms with Crippen LogP contribution in [0.3, 0.4) is 0 Å². The van der Waals surface area contributed by atoms with Crippen LogP contribution in [0, 0.1) is 56.7 Å². The topological polar surface area (TPSA) is 40.5 Å². The molecule has 5 saturated carbocycles. The van der Waals surface area contributed by atoms with E-state index in [4.69, 9.17) is 0 Å². The molecule has 0 aliphatic heterocycles.